The van der Waals surface area contributed by atoms with Crippen molar-refractivity contribution in [2.45, 2.75) is 18.9 Å². The van der Waals surface area contributed by atoms with E-state index in [0.29, 0.717) is 11.6 Å². The lowest BCUT2D eigenvalue weighted by Crippen LogP contribution is -2.35. The fraction of sp³-hybridized carbons (Fsp3) is 0.286. The van der Waals surface area contributed by atoms with E-state index in [1.165, 1.54) is 0 Å². The van der Waals surface area contributed by atoms with Gasteiger partial charge in [-0.25, -0.2) is 4.98 Å². The minimum atomic E-state index is 0.453. The summed E-state index contributed by atoms with van der Waals surface area (Å²) in [4.78, 5) is 10.7. The van der Waals surface area contributed by atoms with Crippen LogP contribution in [0.4, 0.5) is 5.69 Å². The van der Waals surface area contributed by atoms with Gasteiger partial charge in [0.1, 0.15) is 11.8 Å². The number of aromatic nitrogens is 3. The number of imidazole rings is 1. The molecule has 3 heterocycles. The van der Waals surface area contributed by atoms with Crippen molar-refractivity contribution < 1.29 is 4.74 Å². The maximum Gasteiger partial charge on any atom is 0.129 e. The van der Waals surface area contributed by atoms with E-state index in [4.69, 9.17) is 4.74 Å². The van der Waals surface area contributed by atoms with E-state index in [1.54, 1.807) is 19.5 Å². The molecule has 136 valence electrons. The van der Waals surface area contributed by atoms with E-state index < -0.39 is 0 Å². The molecule has 0 spiro atoms. The average Bonchev–Trinajstić information content (AvgIpc) is 3.28. The number of anilines is 1. The second-order valence-corrected chi connectivity index (χ2v) is 6.62. The first-order valence-corrected chi connectivity index (χ1v) is 9.05. The van der Waals surface area contributed by atoms with E-state index in [9.17, 15) is 5.26 Å². The summed E-state index contributed by atoms with van der Waals surface area (Å²) in [6, 6.07) is 10.5. The predicted octanol–water partition coefficient (Wildman–Crippen LogP) is 3.67. The Kier molecular flexibility index (Phi) is 4.75. The first kappa shape index (κ1) is 17.1. The summed E-state index contributed by atoms with van der Waals surface area (Å²) >= 11 is 0. The van der Waals surface area contributed by atoms with Crippen molar-refractivity contribution in [3.63, 3.8) is 0 Å². The van der Waals surface area contributed by atoms with Gasteiger partial charge in [0.15, 0.2) is 0 Å². The van der Waals surface area contributed by atoms with Crippen LogP contribution in [0.15, 0.2) is 55.4 Å². The lowest BCUT2D eigenvalue weighted by Gasteiger charge is -2.35. The highest BCUT2D eigenvalue weighted by Crippen LogP contribution is 2.40. The molecule has 0 amide bonds. The smallest absolute Gasteiger partial charge is 0.129 e. The Morgan fingerprint density at radius 2 is 1.96 bits per heavy atom. The number of methoxy groups -OCH3 is 1. The van der Waals surface area contributed by atoms with Gasteiger partial charge in [-0.15, -0.1) is 0 Å². The van der Waals surface area contributed by atoms with Crippen LogP contribution in [-0.2, 0) is 0 Å². The number of piperidine rings is 1. The van der Waals surface area contributed by atoms with Crippen LogP contribution in [0.2, 0.25) is 0 Å². The molecule has 6 heteroatoms. The van der Waals surface area contributed by atoms with Crippen LogP contribution in [0.1, 0.15) is 24.4 Å². The number of ether oxygens (including phenoxy) is 1. The Labute approximate surface area is 158 Å². The number of nitrogens with zero attached hydrogens (tertiary/aromatic N) is 5. The number of benzene rings is 1. The van der Waals surface area contributed by atoms with Gasteiger partial charge in [0.25, 0.3) is 0 Å². The summed E-state index contributed by atoms with van der Waals surface area (Å²) in [5.41, 5.74) is 3.54. The molecular weight excluding hydrogens is 338 g/mol. The third-order valence-corrected chi connectivity index (χ3v) is 5.17. The van der Waals surface area contributed by atoms with Crippen LogP contribution in [0.25, 0.3) is 11.1 Å². The van der Waals surface area contributed by atoms with Crippen LogP contribution in [0.3, 0.4) is 0 Å². The molecular formula is C21H21N5O. The molecule has 1 aliphatic heterocycles. The van der Waals surface area contributed by atoms with Crippen molar-refractivity contribution in [2.75, 3.05) is 25.1 Å². The number of hydrogen-bond acceptors (Lipinski definition) is 5. The zero-order valence-electron chi connectivity index (χ0n) is 15.2. The highest BCUT2D eigenvalue weighted by Gasteiger charge is 2.25. The van der Waals surface area contributed by atoms with E-state index in [2.05, 4.69) is 25.5 Å². The molecule has 0 unspecified atom stereocenters. The maximum atomic E-state index is 9.71. The van der Waals surface area contributed by atoms with Gasteiger partial charge in [-0.1, -0.05) is 12.1 Å². The van der Waals surface area contributed by atoms with Crippen molar-refractivity contribution in [3.8, 4) is 22.9 Å². The second-order valence-electron chi connectivity index (χ2n) is 6.62. The summed E-state index contributed by atoms with van der Waals surface area (Å²) in [6.07, 6.45) is 11.3. The molecule has 1 saturated heterocycles. The highest BCUT2D eigenvalue weighted by molar-refractivity contribution is 5.85. The fourth-order valence-corrected chi connectivity index (χ4v) is 3.83. The van der Waals surface area contributed by atoms with Gasteiger partial charge < -0.3 is 14.2 Å². The quantitative estimate of drug-likeness (QED) is 0.711. The molecule has 2 aromatic heterocycles. The molecule has 1 aliphatic rings. The first-order chi connectivity index (χ1) is 13.3. The van der Waals surface area contributed by atoms with E-state index >= 15 is 0 Å². The largest absolute Gasteiger partial charge is 0.496 e. The fourth-order valence-electron chi connectivity index (χ4n) is 3.83. The minimum Gasteiger partial charge on any atom is -0.496 e. The summed E-state index contributed by atoms with van der Waals surface area (Å²) in [6.45, 7) is 1.77. The normalized spacial score (nSPS) is 14.7. The topological polar surface area (TPSA) is 67.0 Å². The van der Waals surface area contributed by atoms with E-state index in [1.807, 2.05) is 43.0 Å². The molecule has 0 N–H and O–H groups in total. The lowest BCUT2D eigenvalue weighted by atomic mass is 9.97. The average molecular weight is 359 g/mol. The van der Waals surface area contributed by atoms with Gasteiger partial charge in [0, 0.05) is 55.0 Å². The zero-order valence-corrected chi connectivity index (χ0v) is 15.2. The van der Waals surface area contributed by atoms with Crippen LogP contribution >= 0.6 is 0 Å². The van der Waals surface area contributed by atoms with E-state index in [-0.39, 0.29) is 0 Å². The second kappa shape index (κ2) is 7.50. The third kappa shape index (κ3) is 3.24. The summed E-state index contributed by atoms with van der Waals surface area (Å²) < 4.78 is 7.71. The molecule has 1 aromatic carbocycles. The molecule has 1 fully saturated rings. The van der Waals surface area contributed by atoms with Gasteiger partial charge >= 0.3 is 0 Å². The van der Waals surface area contributed by atoms with Crippen LogP contribution in [-0.4, -0.2) is 34.7 Å². The predicted molar refractivity (Wildman–Crippen MR) is 104 cm³/mol. The minimum absolute atomic E-state index is 0.453. The number of rotatable bonds is 4. The van der Waals surface area contributed by atoms with E-state index in [0.717, 1.165) is 48.5 Å². The Balaban J connectivity index is 1.70. The standard InChI is InChI=1S/C21H21N5O/c1-27-20-5-8-23-14-19(20)18-4-2-3-16(13-22)21(18)25-10-6-17(7-11-25)26-12-9-24-15-26/h2-5,8-9,12,14-15,17H,6-7,10-11H2,1H3. The van der Waals surface area contributed by atoms with Crippen LogP contribution < -0.4 is 9.64 Å². The molecule has 0 atom stereocenters. The number of hydrogen-bond donors (Lipinski definition) is 0. The summed E-state index contributed by atoms with van der Waals surface area (Å²) in [5.74, 6) is 0.759. The molecule has 27 heavy (non-hydrogen) atoms. The Hall–Kier alpha value is -3.33. The van der Waals surface area contributed by atoms with Crippen LogP contribution in [0.5, 0.6) is 5.75 Å². The van der Waals surface area contributed by atoms with Crippen molar-refractivity contribution in [1.82, 2.24) is 14.5 Å². The maximum absolute atomic E-state index is 9.71. The number of para-hydroxylation sites is 1. The molecule has 3 aromatic rings. The molecule has 0 saturated carbocycles. The zero-order chi connectivity index (χ0) is 18.6. The molecule has 0 radical (unpaired) electrons. The Morgan fingerprint density at radius 3 is 2.67 bits per heavy atom. The van der Waals surface area contributed by atoms with Crippen molar-refractivity contribution in [1.29, 1.82) is 5.26 Å². The third-order valence-electron chi connectivity index (χ3n) is 5.17. The SMILES string of the molecule is COc1ccncc1-c1cccc(C#N)c1N1CCC(n2ccnc2)CC1. The lowest BCUT2D eigenvalue weighted by molar-refractivity contribution is 0.396. The number of nitriles is 1. The molecule has 4 rings (SSSR count). The van der Waals surface area contributed by atoms with Crippen molar-refractivity contribution in [2.24, 2.45) is 0 Å². The Bertz CT molecular complexity index is 953. The molecule has 6 nitrogen and oxygen atoms in total. The van der Waals surface area contributed by atoms with Gasteiger partial charge in [-0.3, -0.25) is 4.98 Å². The van der Waals surface area contributed by atoms with Gasteiger partial charge in [0.2, 0.25) is 0 Å². The monoisotopic (exact) mass is 359 g/mol. The number of pyridine rings is 1. The van der Waals surface area contributed by atoms with Crippen LogP contribution in [0, 0.1) is 11.3 Å². The van der Waals surface area contributed by atoms with Gasteiger partial charge in [-0.2, -0.15) is 5.26 Å². The van der Waals surface area contributed by atoms with Crippen molar-refractivity contribution >= 4 is 5.69 Å². The summed E-state index contributed by atoms with van der Waals surface area (Å²) in [7, 11) is 1.66. The summed E-state index contributed by atoms with van der Waals surface area (Å²) in [5, 5.41) is 9.71. The van der Waals surface area contributed by atoms with Gasteiger partial charge in [-0.05, 0) is 25.0 Å². The van der Waals surface area contributed by atoms with Crippen molar-refractivity contribution in [3.05, 3.63) is 60.9 Å². The van der Waals surface area contributed by atoms with Gasteiger partial charge in [0.05, 0.1) is 24.7 Å². The molecule has 0 bridgehead atoms. The Morgan fingerprint density at radius 1 is 1.11 bits per heavy atom. The molecule has 0 aliphatic carbocycles. The first-order valence-electron chi connectivity index (χ1n) is 9.05. The highest BCUT2D eigenvalue weighted by atomic mass is 16.5.